The van der Waals surface area contributed by atoms with Crippen LogP contribution >= 0.6 is 0 Å². The summed E-state index contributed by atoms with van der Waals surface area (Å²) in [6, 6.07) is 5.96. The third-order valence-electron chi connectivity index (χ3n) is 4.49. The molecule has 1 heterocycles. The molecule has 4 heteroatoms. The minimum Gasteiger partial charge on any atom is -0.394 e. The van der Waals surface area contributed by atoms with Gasteiger partial charge in [0.05, 0.1) is 12.1 Å². The molecule has 1 fully saturated rings. The first-order valence-electron chi connectivity index (χ1n) is 7.35. The summed E-state index contributed by atoms with van der Waals surface area (Å²) >= 11 is 0. The van der Waals surface area contributed by atoms with E-state index in [-0.39, 0.29) is 12.5 Å². The van der Waals surface area contributed by atoms with Crippen molar-refractivity contribution in [1.29, 1.82) is 0 Å². The molecule has 3 rings (SSSR count). The molecule has 0 aromatic heterocycles. The number of ether oxygens (including phenoxy) is 1. The third-order valence-corrected chi connectivity index (χ3v) is 4.49. The summed E-state index contributed by atoms with van der Waals surface area (Å²) in [6.45, 7) is 1.14. The van der Waals surface area contributed by atoms with Gasteiger partial charge in [-0.15, -0.1) is 0 Å². The number of fused-ring (bicyclic) bond motifs is 1. The van der Waals surface area contributed by atoms with Crippen LogP contribution in [0.2, 0.25) is 0 Å². The number of aryl methyl sites for hydroxylation is 2. The topological polar surface area (TPSA) is 58.6 Å². The van der Waals surface area contributed by atoms with Gasteiger partial charge >= 0.3 is 0 Å². The molecule has 0 bridgehead atoms. The first-order valence-corrected chi connectivity index (χ1v) is 7.35. The maximum absolute atomic E-state index is 12.4. The largest absolute Gasteiger partial charge is 0.394 e. The van der Waals surface area contributed by atoms with Crippen molar-refractivity contribution in [3.05, 3.63) is 34.9 Å². The van der Waals surface area contributed by atoms with Gasteiger partial charge in [-0.3, -0.25) is 4.79 Å². The fraction of sp³-hybridized carbons (Fsp3) is 0.562. The predicted molar refractivity (Wildman–Crippen MR) is 75.8 cm³/mol. The molecule has 4 nitrogen and oxygen atoms in total. The number of rotatable bonds is 3. The molecule has 1 aliphatic heterocycles. The Morgan fingerprint density at radius 3 is 2.75 bits per heavy atom. The standard InChI is InChI=1S/C16H21NO3/c18-11-16(6-8-20-9-7-16)17-15(19)14-5-4-12-2-1-3-13(12)10-14/h4-5,10,18H,1-3,6-9,11H2,(H,17,19). The zero-order valence-corrected chi connectivity index (χ0v) is 11.7. The Morgan fingerprint density at radius 2 is 2.00 bits per heavy atom. The van der Waals surface area contributed by atoms with Gasteiger partial charge in [0.2, 0.25) is 0 Å². The van der Waals surface area contributed by atoms with E-state index in [1.807, 2.05) is 12.1 Å². The summed E-state index contributed by atoms with van der Waals surface area (Å²) in [4.78, 5) is 12.4. The summed E-state index contributed by atoms with van der Waals surface area (Å²) in [6.07, 6.45) is 4.70. The number of nitrogens with one attached hydrogen (secondary N) is 1. The van der Waals surface area contributed by atoms with E-state index in [0.717, 1.165) is 12.8 Å². The Balaban J connectivity index is 1.75. The van der Waals surface area contributed by atoms with E-state index in [2.05, 4.69) is 11.4 Å². The molecule has 0 unspecified atom stereocenters. The van der Waals surface area contributed by atoms with Gasteiger partial charge in [0, 0.05) is 18.8 Å². The minimum absolute atomic E-state index is 0.0347. The number of carbonyl (C=O) groups excluding carboxylic acids is 1. The van der Waals surface area contributed by atoms with Gasteiger partial charge in [-0.05, 0) is 55.4 Å². The lowest BCUT2D eigenvalue weighted by atomic mass is 9.90. The quantitative estimate of drug-likeness (QED) is 0.877. The van der Waals surface area contributed by atoms with Gasteiger partial charge in [0.25, 0.3) is 5.91 Å². The molecule has 1 aliphatic carbocycles. The van der Waals surface area contributed by atoms with E-state index in [9.17, 15) is 9.90 Å². The van der Waals surface area contributed by atoms with Crippen LogP contribution in [0.1, 0.15) is 40.7 Å². The van der Waals surface area contributed by atoms with Crippen LogP contribution in [0, 0.1) is 0 Å². The Kier molecular flexibility index (Phi) is 3.76. The third kappa shape index (κ3) is 2.58. The monoisotopic (exact) mass is 275 g/mol. The molecule has 0 spiro atoms. The van der Waals surface area contributed by atoms with Crippen molar-refractivity contribution >= 4 is 5.91 Å². The maximum atomic E-state index is 12.4. The normalized spacial score (nSPS) is 20.4. The lowest BCUT2D eigenvalue weighted by Crippen LogP contribution is -2.54. The lowest BCUT2D eigenvalue weighted by Gasteiger charge is -2.36. The fourth-order valence-electron chi connectivity index (χ4n) is 3.11. The van der Waals surface area contributed by atoms with E-state index in [1.165, 1.54) is 17.5 Å². The zero-order chi connectivity index (χ0) is 14.0. The van der Waals surface area contributed by atoms with Crippen LogP contribution in [0.3, 0.4) is 0 Å². The second-order valence-electron chi connectivity index (χ2n) is 5.84. The van der Waals surface area contributed by atoms with Crippen molar-refractivity contribution in [3.8, 4) is 0 Å². The van der Waals surface area contributed by atoms with Crippen molar-refractivity contribution in [2.45, 2.75) is 37.6 Å². The van der Waals surface area contributed by atoms with E-state index < -0.39 is 5.54 Å². The van der Waals surface area contributed by atoms with Crippen molar-refractivity contribution in [1.82, 2.24) is 5.32 Å². The zero-order valence-electron chi connectivity index (χ0n) is 11.7. The lowest BCUT2D eigenvalue weighted by molar-refractivity contribution is 0.0125. The molecule has 20 heavy (non-hydrogen) atoms. The highest BCUT2D eigenvalue weighted by Crippen LogP contribution is 2.24. The fourth-order valence-corrected chi connectivity index (χ4v) is 3.11. The van der Waals surface area contributed by atoms with Crippen LogP contribution in [0.25, 0.3) is 0 Å². The molecule has 0 atom stereocenters. The molecule has 2 N–H and O–H groups in total. The number of amides is 1. The van der Waals surface area contributed by atoms with Gasteiger partial charge in [-0.25, -0.2) is 0 Å². The number of aliphatic hydroxyl groups is 1. The highest BCUT2D eigenvalue weighted by Gasteiger charge is 2.33. The summed E-state index contributed by atoms with van der Waals surface area (Å²) in [5, 5.41) is 12.6. The second kappa shape index (κ2) is 5.54. The highest BCUT2D eigenvalue weighted by atomic mass is 16.5. The van der Waals surface area contributed by atoms with Crippen LogP contribution in [0.15, 0.2) is 18.2 Å². The first-order chi connectivity index (χ1) is 9.72. The minimum atomic E-state index is -0.519. The maximum Gasteiger partial charge on any atom is 0.251 e. The molecule has 1 aromatic rings. The highest BCUT2D eigenvalue weighted by molar-refractivity contribution is 5.95. The number of hydrogen-bond acceptors (Lipinski definition) is 3. The van der Waals surface area contributed by atoms with E-state index >= 15 is 0 Å². The van der Waals surface area contributed by atoms with Gasteiger partial charge < -0.3 is 15.2 Å². The Morgan fingerprint density at radius 1 is 1.25 bits per heavy atom. The molecule has 2 aliphatic rings. The van der Waals surface area contributed by atoms with Crippen molar-refractivity contribution in [2.75, 3.05) is 19.8 Å². The molecular weight excluding hydrogens is 254 g/mol. The first kappa shape index (κ1) is 13.6. The molecule has 1 aromatic carbocycles. The van der Waals surface area contributed by atoms with Crippen LogP contribution in [-0.4, -0.2) is 36.4 Å². The van der Waals surface area contributed by atoms with Crippen molar-refractivity contribution in [2.24, 2.45) is 0 Å². The van der Waals surface area contributed by atoms with Crippen LogP contribution in [0.5, 0.6) is 0 Å². The van der Waals surface area contributed by atoms with E-state index in [1.54, 1.807) is 0 Å². The second-order valence-corrected chi connectivity index (χ2v) is 5.84. The van der Waals surface area contributed by atoms with Crippen LogP contribution in [0.4, 0.5) is 0 Å². The molecule has 1 amide bonds. The molecule has 0 radical (unpaired) electrons. The summed E-state index contributed by atoms with van der Waals surface area (Å²) in [5.41, 5.74) is 2.84. The predicted octanol–water partition coefficient (Wildman–Crippen LogP) is 1.45. The Labute approximate surface area is 119 Å². The van der Waals surface area contributed by atoms with Gasteiger partial charge in [-0.2, -0.15) is 0 Å². The van der Waals surface area contributed by atoms with E-state index in [0.29, 0.717) is 31.6 Å². The van der Waals surface area contributed by atoms with Crippen molar-refractivity contribution in [3.63, 3.8) is 0 Å². The summed E-state index contributed by atoms with van der Waals surface area (Å²) < 4.78 is 5.31. The number of benzene rings is 1. The van der Waals surface area contributed by atoms with Crippen molar-refractivity contribution < 1.29 is 14.6 Å². The molecule has 0 saturated carbocycles. The number of carbonyl (C=O) groups is 1. The van der Waals surface area contributed by atoms with Gasteiger partial charge in [0.1, 0.15) is 0 Å². The molecule has 108 valence electrons. The Bertz CT molecular complexity index is 506. The summed E-state index contributed by atoms with van der Waals surface area (Å²) in [7, 11) is 0. The summed E-state index contributed by atoms with van der Waals surface area (Å²) in [5.74, 6) is -0.0874. The molecule has 1 saturated heterocycles. The average Bonchev–Trinajstić information content (AvgIpc) is 2.95. The number of aliphatic hydroxyl groups excluding tert-OH is 1. The van der Waals surface area contributed by atoms with E-state index in [4.69, 9.17) is 4.74 Å². The van der Waals surface area contributed by atoms with Gasteiger partial charge in [0.15, 0.2) is 0 Å². The average molecular weight is 275 g/mol. The SMILES string of the molecule is O=C(NC1(CO)CCOCC1)c1ccc2c(c1)CCC2. The smallest absolute Gasteiger partial charge is 0.251 e. The molecular formula is C16H21NO3. The van der Waals surface area contributed by atoms with Gasteiger partial charge in [-0.1, -0.05) is 6.07 Å². The van der Waals surface area contributed by atoms with Crippen LogP contribution in [-0.2, 0) is 17.6 Å². The Hall–Kier alpha value is -1.39. The number of hydrogen-bond donors (Lipinski definition) is 2. The van der Waals surface area contributed by atoms with Crippen LogP contribution < -0.4 is 5.32 Å².